The zero-order valence-electron chi connectivity index (χ0n) is 23.6. The van der Waals surface area contributed by atoms with Crippen molar-refractivity contribution in [1.82, 2.24) is 19.9 Å². The number of aromatic nitrogens is 3. The van der Waals surface area contributed by atoms with Gasteiger partial charge in [-0.1, -0.05) is 36.2 Å². The molecule has 218 valence electrons. The Morgan fingerprint density at radius 3 is 2.60 bits per heavy atom. The third kappa shape index (κ3) is 7.07. The molecule has 2 N–H and O–H groups in total. The maximum atomic E-state index is 12.9. The van der Waals surface area contributed by atoms with E-state index in [1.54, 1.807) is 37.4 Å². The van der Waals surface area contributed by atoms with Crippen molar-refractivity contribution in [2.45, 2.75) is 26.9 Å². The number of carbonyl (C=O) groups excluding carboxylic acids is 3. The van der Waals surface area contributed by atoms with E-state index in [4.69, 9.17) is 32.9 Å². The number of benzene rings is 2. The van der Waals surface area contributed by atoms with Gasteiger partial charge in [0, 0.05) is 50.3 Å². The lowest BCUT2D eigenvalue weighted by atomic mass is 10.2. The van der Waals surface area contributed by atoms with Crippen LogP contribution in [0.5, 0.6) is 5.75 Å². The van der Waals surface area contributed by atoms with E-state index in [9.17, 15) is 14.4 Å². The molecule has 0 saturated carbocycles. The van der Waals surface area contributed by atoms with Gasteiger partial charge in [-0.05, 0) is 48.0 Å². The molecule has 0 radical (unpaired) electrons. The van der Waals surface area contributed by atoms with E-state index in [1.165, 1.54) is 24.1 Å². The van der Waals surface area contributed by atoms with Gasteiger partial charge in [0.2, 0.25) is 17.7 Å². The molecule has 0 saturated heterocycles. The monoisotopic (exact) mass is 608 g/mol. The Bertz CT molecular complexity index is 1670. The van der Waals surface area contributed by atoms with Crippen LogP contribution < -0.4 is 20.3 Å². The summed E-state index contributed by atoms with van der Waals surface area (Å²) in [6, 6.07) is 12.3. The predicted octanol–water partition coefficient (Wildman–Crippen LogP) is 5.17. The summed E-state index contributed by atoms with van der Waals surface area (Å²) in [4.78, 5) is 46.4. The van der Waals surface area contributed by atoms with Crippen LogP contribution in [0.15, 0.2) is 54.7 Å². The molecule has 2 heterocycles. The minimum Gasteiger partial charge on any atom is -0.486 e. The van der Waals surface area contributed by atoms with Crippen LogP contribution in [-0.4, -0.2) is 45.8 Å². The lowest BCUT2D eigenvalue weighted by molar-refractivity contribution is -0.122. The third-order valence-corrected chi connectivity index (χ3v) is 7.26. The van der Waals surface area contributed by atoms with Crippen molar-refractivity contribution in [1.29, 1.82) is 0 Å². The molecule has 0 aliphatic carbocycles. The smallest absolute Gasteiger partial charge is 0.246 e. The quantitative estimate of drug-likeness (QED) is 0.240. The summed E-state index contributed by atoms with van der Waals surface area (Å²) in [6.45, 7) is 3.24. The number of aryl methyl sites for hydroxylation is 2. The maximum absolute atomic E-state index is 12.9. The summed E-state index contributed by atoms with van der Waals surface area (Å²) in [5, 5.41) is 5.79. The summed E-state index contributed by atoms with van der Waals surface area (Å²) in [5.74, 6) is 0.863. The summed E-state index contributed by atoms with van der Waals surface area (Å²) in [5.41, 5.74) is 3.29. The van der Waals surface area contributed by atoms with E-state index in [-0.39, 0.29) is 30.0 Å². The fraction of sp³-hybridized carbons (Fsp3) is 0.233. The molecule has 0 spiro atoms. The topological polar surface area (TPSA) is 118 Å². The van der Waals surface area contributed by atoms with Crippen LogP contribution in [0, 0.1) is 0 Å². The van der Waals surface area contributed by atoms with Crippen LogP contribution in [0.3, 0.4) is 0 Å². The van der Waals surface area contributed by atoms with Gasteiger partial charge in [0.05, 0.1) is 22.8 Å². The molecule has 12 heteroatoms. The minimum absolute atomic E-state index is 0.0624. The first-order valence-corrected chi connectivity index (χ1v) is 13.8. The minimum atomic E-state index is -0.464. The normalized spacial score (nSPS) is 11.1. The number of nitrogens with zero attached hydrogens (tertiary/aromatic N) is 4. The molecule has 2 aromatic heterocycles. The number of anilines is 2. The van der Waals surface area contributed by atoms with E-state index in [2.05, 4.69) is 15.6 Å². The lowest BCUT2D eigenvalue weighted by Gasteiger charge is -2.21. The Kier molecular flexibility index (Phi) is 9.82. The maximum Gasteiger partial charge on any atom is 0.246 e. The van der Waals surface area contributed by atoms with Crippen molar-refractivity contribution in [2.24, 2.45) is 7.05 Å². The van der Waals surface area contributed by atoms with Gasteiger partial charge in [-0.25, -0.2) is 9.97 Å². The number of imidazole rings is 1. The van der Waals surface area contributed by atoms with E-state index < -0.39 is 5.91 Å². The van der Waals surface area contributed by atoms with Crippen molar-refractivity contribution in [3.63, 3.8) is 0 Å². The first kappa shape index (κ1) is 30.5. The van der Waals surface area contributed by atoms with Gasteiger partial charge < -0.3 is 24.8 Å². The molecular formula is C30H30Cl2N6O4. The number of likely N-dealkylation sites (N-methyl/N-ethyl adjacent to an activating group) is 1. The summed E-state index contributed by atoms with van der Waals surface area (Å²) < 4.78 is 8.13. The Balaban J connectivity index is 1.39. The molecule has 3 amide bonds. The van der Waals surface area contributed by atoms with Gasteiger partial charge in [-0.2, -0.15) is 0 Å². The average Bonchev–Trinajstić information content (AvgIpc) is 3.30. The second kappa shape index (κ2) is 13.5. The number of para-hydroxylation sites is 1. The lowest BCUT2D eigenvalue weighted by Crippen LogP contribution is -2.37. The highest BCUT2D eigenvalue weighted by molar-refractivity contribution is 6.38. The van der Waals surface area contributed by atoms with Crippen molar-refractivity contribution < 1.29 is 19.1 Å². The first-order valence-electron chi connectivity index (χ1n) is 13.1. The number of pyridine rings is 1. The van der Waals surface area contributed by atoms with E-state index in [0.29, 0.717) is 33.4 Å². The Hall–Kier alpha value is -4.41. The van der Waals surface area contributed by atoms with Crippen LogP contribution in [0.25, 0.3) is 17.1 Å². The number of halogens is 2. The van der Waals surface area contributed by atoms with E-state index >= 15 is 0 Å². The SMILES string of the molecule is CCc1nc2c(OCc3c(Cl)ccc(N(C)C(=O)CNC(=O)C=Cc4ccc(NC(C)=O)nc4)c3Cl)cccc2n1C. The predicted molar refractivity (Wildman–Crippen MR) is 165 cm³/mol. The molecule has 42 heavy (non-hydrogen) atoms. The highest BCUT2D eigenvalue weighted by atomic mass is 35.5. The number of fused-ring (bicyclic) bond motifs is 1. The van der Waals surface area contributed by atoms with Crippen LogP contribution in [0.1, 0.15) is 30.8 Å². The molecule has 0 aliphatic rings. The molecule has 0 fully saturated rings. The molecule has 4 rings (SSSR count). The fourth-order valence-corrected chi connectivity index (χ4v) is 4.81. The second-order valence-corrected chi connectivity index (χ2v) is 10.2. The molecule has 10 nitrogen and oxygen atoms in total. The molecule has 4 aromatic rings. The Labute approximate surface area is 253 Å². The second-order valence-electron chi connectivity index (χ2n) is 9.37. The van der Waals surface area contributed by atoms with Crippen molar-refractivity contribution in [2.75, 3.05) is 23.8 Å². The number of amides is 3. The molecule has 0 unspecified atom stereocenters. The average molecular weight is 610 g/mol. The van der Waals surface area contributed by atoms with Gasteiger partial charge >= 0.3 is 0 Å². The number of ether oxygens (including phenoxy) is 1. The van der Waals surface area contributed by atoms with E-state index in [0.717, 1.165) is 23.3 Å². The highest BCUT2D eigenvalue weighted by Crippen LogP contribution is 2.35. The highest BCUT2D eigenvalue weighted by Gasteiger charge is 2.20. The van der Waals surface area contributed by atoms with Crippen molar-refractivity contribution in [3.05, 3.63) is 81.7 Å². The number of hydrogen-bond donors (Lipinski definition) is 2. The van der Waals surface area contributed by atoms with Gasteiger partial charge in [0.1, 0.15) is 29.5 Å². The number of hydrogen-bond acceptors (Lipinski definition) is 6. The molecule has 0 bridgehead atoms. The van der Waals surface area contributed by atoms with Gasteiger partial charge in [-0.15, -0.1) is 0 Å². The third-order valence-electron chi connectivity index (χ3n) is 6.49. The van der Waals surface area contributed by atoms with Gasteiger partial charge in [-0.3, -0.25) is 14.4 Å². The number of nitrogens with one attached hydrogen (secondary N) is 2. The number of rotatable bonds is 10. The van der Waals surface area contributed by atoms with E-state index in [1.807, 2.05) is 36.7 Å². The Morgan fingerprint density at radius 2 is 1.90 bits per heavy atom. The fourth-order valence-electron chi connectivity index (χ4n) is 4.20. The summed E-state index contributed by atoms with van der Waals surface area (Å²) in [7, 11) is 3.53. The largest absolute Gasteiger partial charge is 0.486 e. The van der Waals surface area contributed by atoms with Crippen LogP contribution >= 0.6 is 23.2 Å². The standard InChI is InChI=1S/C30H30Cl2N6O4/c1-5-26-36-30-23(37(26)3)7-6-8-24(30)42-17-20-21(31)11-12-22(29(20)32)38(4)28(41)16-34-27(40)14-10-19-9-13-25(33-15-19)35-18(2)39/h6-15H,5,16-17H2,1-4H3,(H,34,40)(H,33,35,39). The zero-order chi connectivity index (χ0) is 30.4. The zero-order valence-corrected chi connectivity index (χ0v) is 25.1. The van der Waals surface area contributed by atoms with Crippen LogP contribution in [0.2, 0.25) is 10.0 Å². The summed E-state index contributed by atoms with van der Waals surface area (Å²) >= 11 is 13.2. The Morgan fingerprint density at radius 1 is 1.12 bits per heavy atom. The van der Waals surface area contributed by atoms with Crippen LogP contribution in [-0.2, 0) is 34.5 Å². The van der Waals surface area contributed by atoms with Gasteiger partial charge in [0.25, 0.3) is 0 Å². The molecule has 2 aromatic carbocycles. The van der Waals surface area contributed by atoms with Crippen LogP contribution in [0.4, 0.5) is 11.5 Å². The molecule has 0 aliphatic heterocycles. The number of carbonyl (C=O) groups is 3. The first-order chi connectivity index (χ1) is 20.1. The summed E-state index contributed by atoms with van der Waals surface area (Å²) in [6.07, 6.45) is 5.13. The van der Waals surface area contributed by atoms with Crippen molar-refractivity contribution >= 4 is 69.5 Å². The molecular weight excluding hydrogens is 579 g/mol. The van der Waals surface area contributed by atoms with Gasteiger partial charge in [0.15, 0.2) is 0 Å². The van der Waals surface area contributed by atoms with Crippen molar-refractivity contribution in [3.8, 4) is 5.75 Å². The molecule has 0 atom stereocenters.